The van der Waals surface area contributed by atoms with Crippen molar-refractivity contribution in [3.8, 4) is 0 Å². The van der Waals surface area contributed by atoms with Crippen LogP contribution < -0.4 is 5.56 Å². The van der Waals surface area contributed by atoms with Gasteiger partial charge < -0.3 is 14.2 Å². The number of carbonyl (C=O) groups excluding carboxylic acids is 1. The third-order valence-corrected chi connectivity index (χ3v) is 5.30. The van der Waals surface area contributed by atoms with Gasteiger partial charge in [0.15, 0.2) is 11.9 Å². The number of rotatable bonds is 4. The Bertz CT molecular complexity index is 1010. The molecule has 3 aromatic rings. The fourth-order valence-corrected chi connectivity index (χ4v) is 3.70. The number of nitrogens with zero attached hydrogens (tertiary/aromatic N) is 2. The third-order valence-electron chi connectivity index (χ3n) is 4.20. The lowest BCUT2D eigenvalue weighted by atomic mass is 10.1. The zero-order chi connectivity index (χ0) is 18.3. The van der Waals surface area contributed by atoms with Gasteiger partial charge in [-0.05, 0) is 39.7 Å². The fraction of sp³-hybridized carbons (Fsp3) is 0.412. The lowest BCUT2D eigenvalue weighted by molar-refractivity contribution is 0.0317. The molecule has 25 heavy (non-hydrogen) atoms. The molecule has 3 heterocycles. The molecule has 3 rings (SSSR count). The molecule has 0 unspecified atom stereocenters. The second-order valence-electron chi connectivity index (χ2n) is 5.88. The van der Waals surface area contributed by atoms with Gasteiger partial charge in [-0.15, -0.1) is 11.3 Å². The zero-order valence-corrected chi connectivity index (χ0v) is 15.5. The second kappa shape index (κ2) is 6.44. The standard InChI is InChI=1S/C17H19N3O4S/c1-6-11-13(8(3)24-20-11)17(22)23-9(4)14-18-15(21)12-7(2)10(5)25-16(12)19-14/h9H,6H2,1-5H3,(H,18,19,21)/t9-/m1/s1. The molecule has 0 aromatic carbocycles. The Hall–Kier alpha value is -2.48. The molecule has 0 saturated carbocycles. The van der Waals surface area contributed by atoms with E-state index in [1.54, 1.807) is 13.8 Å². The number of hydrogen-bond acceptors (Lipinski definition) is 7. The molecule has 7 nitrogen and oxygen atoms in total. The number of fused-ring (bicyclic) bond motifs is 1. The summed E-state index contributed by atoms with van der Waals surface area (Å²) in [5.74, 6) is 0.194. The topological polar surface area (TPSA) is 98.1 Å². The van der Waals surface area contributed by atoms with Gasteiger partial charge in [-0.1, -0.05) is 12.1 Å². The summed E-state index contributed by atoms with van der Waals surface area (Å²) in [4.78, 5) is 33.7. The second-order valence-corrected chi connectivity index (χ2v) is 7.08. The van der Waals surface area contributed by atoms with Crippen LogP contribution >= 0.6 is 11.3 Å². The Morgan fingerprint density at radius 3 is 2.76 bits per heavy atom. The lowest BCUT2D eigenvalue weighted by Crippen LogP contribution is -2.18. The van der Waals surface area contributed by atoms with Crippen LogP contribution in [0.4, 0.5) is 0 Å². The first-order chi connectivity index (χ1) is 11.8. The molecule has 0 amide bonds. The van der Waals surface area contributed by atoms with Crippen molar-refractivity contribution >= 4 is 27.5 Å². The number of hydrogen-bond donors (Lipinski definition) is 1. The monoisotopic (exact) mass is 361 g/mol. The number of aryl methyl sites for hydroxylation is 4. The van der Waals surface area contributed by atoms with E-state index in [2.05, 4.69) is 15.1 Å². The fourth-order valence-electron chi connectivity index (χ4n) is 2.66. The van der Waals surface area contributed by atoms with Gasteiger partial charge in [-0.25, -0.2) is 9.78 Å². The molecule has 8 heteroatoms. The largest absolute Gasteiger partial charge is 0.451 e. The molecular formula is C17H19N3O4S. The van der Waals surface area contributed by atoms with Gasteiger partial charge in [0.2, 0.25) is 0 Å². The number of thiophene rings is 1. The summed E-state index contributed by atoms with van der Waals surface area (Å²) in [6.45, 7) is 9.06. The minimum Gasteiger partial charge on any atom is -0.451 e. The van der Waals surface area contributed by atoms with E-state index in [0.29, 0.717) is 39.5 Å². The van der Waals surface area contributed by atoms with Crippen LogP contribution in [0.5, 0.6) is 0 Å². The van der Waals surface area contributed by atoms with E-state index in [0.717, 1.165) is 10.4 Å². The van der Waals surface area contributed by atoms with Gasteiger partial charge in [-0.2, -0.15) is 0 Å². The van der Waals surface area contributed by atoms with Crippen molar-refractivity contribution < 1.29 is 14.1 Å². The first-order valence-corrected chi connectivity index (χ1v) is 8.81. The molecule has 0 aliphatic rings. The highest BCUT2D eigenvalue weighted by atomic mass is 32.1. The van der Waals surface area contributed by atoms with Crippen LogP contribution in [0.1, 0.15) is 58.0 Å². The molecule has 1 atom stereocenters. The summed E-state index contributed by atoms with van der Waals surface area (Å²) in [5, 5.41) is 4.45. The highest BCUT2D eigenvalue weighted by Crippen LogP contribution is 2.27. The average Bonchev–Trinajstić information content (AvgIpc) is 3.07. The average molecular weight is 361 g/mol. The van der Waals surface area contributed by atoms with Gasteiger partial charge in [-0.3, -0.25) is 4.79 Å². The number of H-pyrrole nitrogens is 1. The van der Waals surface area contributed by atoms with Crippen LogP contribution in [-0.2, 0) is 11.2 Å². The van der Waals surface area contributed by atoms with E-state index in [4.69, 9.17) is 9.26 Å². The molecule has 0 spiro atoms. The van der Waals surface area contributed by atoms with Gasteiger partial charge in [0.1, 0.15) is 16.2 Å². The molecule has 3 aromatic heterocycles. The third kappa shape index (κ3) is 2.97. The summed E-state index contributed by atoms with van der Waals surface area (Å²) in [7, 11) is 0. The summed E-state index contributed by atoms with van der Waals surface area (Å²) >= 11 is 1.45. The van der Waals surface area contributed by atoms with Crippen molar-refractivity contribution in [1.29, 1.82) is 0 Å². The summed E-state index contributed by atoms with van der Waals surface area (Å²) in [6, 6.07) is 0. The lowest BCUT2D eigenvalue weighted by Gasteiger charge is -2.12. The number of carbonyl (C=O) groups is 1. The number of aromatic nitrogens is 3. The smallest absolute Gasteiger partial charge is 0.344 e. The van der Waals surface area contributed by atoms with Gasteiger partial charge in [0, 0.05) is 4.88 Å². The highest BCUT2D eigenvalue weighted by molar-refractivity contribution is 7.18. The molecule has 0 fully saturated rings. The molecule has 0 bridgehead atoms. The van der Waals surface area contributed by atoms with Crippen LogP contribution in [0, 0.1) is 20.8 Å². The quantitative estimate of drug-likeness (QED) is 0.715. The number of nitrogens with one attached hydrogen (secondary N) is 1. The minimum atomic E-state index is -0.702. The van der Waals surface area contributed by atoms with E-state index < -0.39 is 12.1 Å². The highest BCUT2D eigenvalue weighted by Gasteiger charge is 2.24. The summed E-state index contributed by atoms with van der Waals surface area (Å²) < 4.78 is 10.5. The Labute approximate surface area is 148 Å². The first-order valence-electron chi connectivity index (χ1n) is 7.99. The molecular weight excluding hydrogens is 342 g/mol. The Balaban J connectivity index is 1.92. The number of ether oxygens (including phenoxy) is 1. The van der Waals surface area contributed by atoms with Crippen LogP contribution in [-0.4, -0.2) is 21.1 Å². The predicted molar refractivity (Wildman–Crippen MR) is 94.2 cm³/mol. The molecule has 0 radical (unpaired) electrons. The van der Waals surface area contributed by atoms with Crippen LogP contribution in [0.3, 0.4) is 0 Å². The maximum Gasteiger partial charge on any atom is 0.344 e. The van der Waals surface area contributed by atoms with Crippen molar-refractivity contribution in [2.75, 3.05) is 0 Å². The van der Waals surface area contributed by atoms with Crippen LogP contribution in [0.25, 0.3) is 10.2 Å². The van der Waals surface area contributed by atoms with Crippen molar-refractivity contribution in [3.05, 3.63) is 43.6 Å². The Morgan fingerprint density at radius 1 is 1.36 bits per heavy atom. The molecule has 0 saturated heterocycles. The number of esters is 1. The van der Waals surface area contributed by atoms with Gasteiger partial charge in [0.25, 0.3) is 5.56 Å². The summed E-state index contributed by atoms with van der Waals surface area (Å²) in [6.07, 6.45) is -0.142. The SMILES string of the molecule is CCc1noc(C)c1C(=O)O[C@H](C)c1nc2sc(C)c(C)c2c(=O)[nH]1. The molecule has 0 aliphatic heterocycles. The van der Waals surface area contributed by atoms with Gasteiger partial charge >= 0.3 is 5.97 Å². The van der Waals surface area contributed by atoms with E-state index in [1.807, 2.05) is 20.8 Å². The first kappa shape index (κ1) is 17.3. The van der Waals surface area contributed by atoms with Crippen LogP contribution in [0.15, 0.2) is 9.32 Å². The van der Waals surface area contributed by atoms with Crippen molar-refractivity contribution in [1.82, 2.24) is 15.1 Å². The Kier molecular flexibility index (Phi) is 4.47. The molecule has 132 valence electrons. The van der Waals surface area contributed by atoms with E-state index in [9.17, 15) is 9.59 Å². The van der Waals surface area contributed by atoms with Crippen molar-refractivity contribution in [3.63, 3.8) is 0 Å². The maximum atomic E-state index is 12.5. The van der Waals surface area contributed by atoms with E-state index >= 15 is 0 Å². The maximum absolute atomic E-state index is 12.5. The van der Waals surface area contributed by atoms with Crippen LogP contribution in [0.2, 0.25) is 0 Å². The van der Waals surface area contributed by atoms with Crippen molar-refractivity contribution in [2.45, 2.75) is 47.1 Å². The Morgan fingerprint density at radius 2 is 2.08 bits per heavy atom. The molecule has 1 N–H and O–H groups in total. The van der Waals surface area contributed by atoms with Gasteiger partial charge in [0.05, 0.1) is 11.1 Å². The molecule has 0 aliphatic carbocycles. The predicted octanol–water partition coefficient (Wildman–Crippen LogP) is 3.38. The zero-order valence-electron chi connectivity index (χ0n) is 14.7. The number of aromatic amines is 1. The normalized spacial score (nSPS) is 12.5. The van der Waals surface area contributed by atoms with E-state index in [-0.39, 0.29) is 5.56 Å². The van der Waals surface area contributed by atoms with E-state index in [1.165, 1.54) is 11.3 Å². The minimum absolute atomic E-state index is 0.222. The van der Waals surface area contributed by atoms with Crippen molar-refractivity contribution in [2.24, 2.45) is 0 Å². The summed E-state index contributed by atoms with van der Waals surface area (Å²) in [5.41, 5.74) is 1.59.